The molecule has 0 saturated carbocycles. The topological polar surface area (TPSA) is 78.5 Å². The van der Waals surface area contributed by atoms with Crippen LogP contribution in [0, 0.1) is 5.92 Å². The Morgan fingerprint density at radius 3 is 2.64 bits per heavy atom. The maximum absolute atomic E-state index is 12.5. The summed E-state index contributed by atoms with van der Waals surface area (Å²) in [6.07, 6.45) is 3.09. The average Bonchev–Trinajstić information content (AvgIpc) is 2.58. The van der Waals surface area contributed by atoms with Crippen molar-refractivity contribution >= 4 is 23.2 Å². The molecule has 1 aromatic rings. The van der Waals surface area contributed by atoms with Crippen molar-refractivity contribution in [3.05, 3.63) is 21.6 Å². The van der Waals surface area contributed by atoms with Crippen LogP contribution in [0.15, 0.2) is 11.0 Å². The number of hydrogen-bond donors (Lipinski definition) is 1. The van der Waals surface area contributed by atoms with Crippen LogP contribution in [0.25, 0.3) is 0 Å². The van der Waals surface area contributed by atoms with E-state index < -0.39 is 0 Å². The van der Waals surface area contributed by atoms with Crippen molar-refractivity contribution in [2.24, 2.45) is 5.92 Å². The van der Waals surface area contributed by atoms with E-state index >= 15 is 0 Å². The zero-order chi connectivity index (χ0) is 15.5. The number of carbonyl (C=O) groups excluding carboxylic acids is 1. The van der Waals surface area contributed by atoms with Gasteiger partial charge in [0.25, 0.3) is 5.56 Å². The quantitative estimate of drug-likeness (QED) is 0.856. The van der Waals surface area contributed by atoms with Gasteiger partial charge in [-0.25, -0.2) is 5.10 Å². The molecular weight excluding hydrogens is 308 g/mol. The normalized spacial score (nSPS) is 20.2. The largest absolute Gasteiger partial charge is 0.378 e. The highest BCUT2D eigenvalue weighted by atomic mass is 35.5. The van der Waals surface area contributed by atoms with E-state index in [1.54, 1.807) is 6.20 Å². The predicted octanol–water partition coefficient (Wildman–Crippen LogP) is 0.498. The van der Waals surface area contributed by atoms with Crippen LogP contribution in [0.1, 0.15) is 12.8 Å². The van der Waals surface area contributed by atoms with Crippen LogP contribution in [0.4, 0.5) is 5.69 Å². The zero-order valence-electron chi connectivity index (χ0n) is 12.3. The molecule has 2 aliphatic heterocycles. The Bertz CT molecular complexity index is 592. The molecule has 0 atom stereocenters. The van der Waals surface area contributed by atoms with Crippen LogP contribution in [0.2, 0.25) is 5.02 Å². The minimum Gasteiger partial charge on any atom is -0.378 e. The number of aromatic nitrogens is 2. The maximum atomic E-state index is 12.5. The fourth-order valence-corrected chi connectivity index (χ4v) is 3.21. The van der Waals surface area contributed by atoms with E-state index in [0.29, 0.717) is 45.1 Å². The molecule has 0 bridgehead atoms. The van der Waals surface area contributed by atoms with Gasteiger partial charge >= 0.3 is 0 Å². The van der Waals surface area contributed by atoms with Crippen LogP contribution in [0.5, 0.6) is 0 Å². The molecule has 2 saturated heterocycles. The standard InChI is InChI=1S/C14H19ClN4O3/c15-12-11(9-16-17-13(12)20)18-3-1-10(2-4-18)14(21)19-5-7-22-8-6-19/h9-10H,1-8H2,(H,17,20). The molecule has 8 heteroatoms. The first-order valence-electron chi connectivity index (χ1n) is 7.51. The molecule has 1 aromatic heterocycles. The van der Waals surface area contributed by atoms with Crippen molar-refractivity contribution in [2.75, 3.05) is 44.3 Å². The number of nitrogens with zero attached hydrogens (tertiary/aromatic N) is 3. The van der Waals surface area contributed by atoms with Crippen molar-refractivity contribution in [3.8, 4) is 0 Å². The van der Waals surface area contributed by atoms with E-state index in [1.165, 1.54) is 0 Å². The van der Waals surface area contributed by atoms with E-state index in [9.17, 15) is 9.59 Å². The summed E-state index contributed by atoms with van der Waals surface area (Å²) in [7, 11) is 0. The lowest BCUT2D eigenvalue weighted by molar-refractivity contribution is -0.140. The molecule has 0 radical (unpaired) electrons. The number of carbonyl (C=O) groups is 1. The fraction of sp³-hybridized carbons (Fsp3) is 0.643. The minimum atomic E-state index is -0.384. The molecule has 0 aromatic carbocycles. The van der Waals surface area contributed by atoms with E-state index in [1.807, 2.05) is 9.80 Å². The molecule has 0 spiro atoms. The first-order chi connectivity index (χ1) is 10.7. The minimum absolute atomic E-state index is 0.0445. The third kappa shape index (κ3) is 3.10. The smallest absolute Gasteiger partial charge is 0.285 e. The number of piperidine rings is 1. The average molecular weight is 327 g/mol. The monoisotopic (exact) mass is 326 g/mol. The molecule has 0 unspecified atom stereocenters. The van der Waals surface area contributed by atoms with Gasteiger partial charge in [0.15, 0.2) is 0 Å². The lowest BCUT2D eigenvalue weighted by Gasteiger charge is -2.36. The van der Waals surface area contributed by atoms with Gasteiger partial charge < -0.3 is 14.5 Å². The number of aromatic amines is 1. The molecule has 3 heterocycles. The predicted molar refractivity (Wildman–Crippen MR) is 82.2 cm³/mol. The Balaban J connectivity index is 1.61. The number of halogens is 1. The van der Waals surface area contributed by atoms with Gasteiger partial charge in [-0.1, -0.05) is 11.6 Å². The summed E-state index contributed by atoms with van der Waals surface area (Å²) in [6.45, 7) is 4.01. The summed E-state index contributed by atoms with van der Waals surface area (Å²) in [5, 5.41) is 6.27. The van der Waals surface area contributed by atoms with E-state index in [-0.39, 0.29) is 22.4 Å². The number of anilines is 1. The molecule has 7 nitrogen and oxygen atoms in total. The Morgan fingerprint density at radius 1 is 1.27 bits per heavy atom. The van der Waals surface area contributed by atoms with Crippen molar-refractivity contribution in [3.63, 3.8) is 0 Å². The summed E-state index contributed by atoms with van der Waals surface area (Å²) in [5.74, 6) is 0.265. The van der Waals surface area contributed by atoms with Crippen LogP contribution in [-0.4, -0.2) is 60.4 Å². The van der Waals surface area contributed by atoms with Gasteiger partial charge in [0.05, 0.1) is 25.1 Å². The van der Waals surface area contributed by atoms with E-state index in [2.05, 4.69) is 10.2 Å². The van der Waals surface area contributed by atoms with Gasteiger partial charge in [0, 0.05) is 32.1 Å². The third-order valence-electron chi connectivity index (χ3n) is 4.28. The number of morpholine rings is 1. The number of H-pyrrole nitrogens is 1. The first-order valence-corrected chi connectivity index (χ1v) is 7.89. The van der Waals surface area contributed by atoms with Crippen molar-refractivity contribution in [2.45, 2.75) is 12.8 Å². The Labute approximate surface area is 133 Å². The van der Waals surface area contributed by atoms with Gasteiger partial charge in [-0.15, -0.1) is 0 Å². The second-order valence-corrected chi connectivity index (χ2v) is 5.98. The highest BCUT2D eigenvalue weighted by Crippen LogP contribution is 2.27. The van der Waals surface area contributed by atoms with Gasteiger partial charge in [0.2, 0.25) is 5.91 Å². The van der Waals surface area contributed by atoms with Gasteiger partial charge in [-0.2, -0.15) is 5.10 Å². The van der Waals surface area contributed by atoms with Crippen molar-refractivity contribution < 1.29 is 9.53 Å². The number of amides is 1. The maximum Gasteiger partial charge on any atom is 0.285 e. The molecule has 2 aliphatic rings. The third-order valence-corrected chi connectivity index (χ3v) is 4.65. The molecule has 2 fully saturated rings. The lowest BCUT2D eigenvalue weighted by Crippen LogP contribution is -2.47. The molecule has 3 rings (SSSR count). The molecule has 22 heavy (non-hydrogen) atoms. The number of rotatable bonds is 2. The zero-order valence-corrected chi connectivity index (χ0v) is 13.0. The second-order valence-electron chi connectivity index (χ2n) is 5.60. The highest BCUT2D eigenvalue weighted by Gasteiger charge is 2.30. The molecule has 120 valence electrons. The van der Waals surface area contributed by atoms with Crippen molar-refractivity contribution in [1.82, 2.24) is 15.1 Å². The van der Waals surface area contributed by atoms with Gasteiger partial charge in [0.1, 0.15) is 5.02 Å². The summed E-state index contributed by atoms with van der Waals surface area (Å²) in [6, 6.07) is 0. The Morgan fingerprint density at radius 2 is 1.95 bits per heavy atom. The van der Waals surface area contributed by atoms with E-state index in [0.717, 1.165) is 12.8 Å². The fourth-order valence-electron chi connectivity index (χ4n) is 3.00. The molecule has 0 aliphatic carbocycles. The highest BCUT2D eigenvalue weighted by molar-refractivity contribution is 6.33. The molecule has 1 N–H and O–H groups in total. The SMILES string of the molecule is O=C(C1CCN(c2cn[nH]c(=O)c2Cl)CC1)N1CCOCC1. The Hall–Kier alpha value is -1.60. The second kappa shape index (κ2) is 6.66. The number of hydrogen-bond acceptors (Lipinski definition) is 5. The Kier molecular flexibility index (Phi) is 4.63. The van der Waals surface area contributed by atoms with Crippen LogP contribution >= 0.6 is 11.6 Å². The van der Waals surface area contributed by atoms with Gasteiger partial charge in [-0.3, -0.25) is 9.59 Å². The van der Waals surface area contributed by atoms with E-state index in [4.69, 9.17) is 16.3 Å². The van der Waals surface area contributed by atoms with Crippen molar-refractivity contribution in [1.29, 1.82) is 0 Å². The summed E-state index contributed by atoms with van der Waals surface area (Å²) in [5.41, 5.74) is 0.258. The summed E-state index contributed by atoms with van der Waals surface area (Å²) >= 11 is 6.03. The van der Waals surface area contributed by atoms with Crippen LogP contribution in [0.3, 0.4) is 0 Å². The van der Waals surface area contributed by atoms with Gasteiger partial charge in [-0.05, 0) is 12.8 Å². The first kappa shape index (κ1) is 15.3. The number of nitrogens with one attached hydrogen (secondary N) is 1. The van der Waals surface area contributed by atoms with Crippen LogP contribution < -0.4 is 10.5 Å². The summed E-state index contributed by atoms with van der Waals surface area (Å²) in [4.78, 5) is 27.9. The molecular formula is C14H19ClN4O3. The molecule has 1 amide bonds. The van der Waals surface area contributed by atoms with Crippen LogP contribution in [-0.2, 0) is 9.53 Å². The number of ether oxygens (including phenoxy) is 1. The summed E-state index contributed by atoms with van der Waals surface area (Å²) < 4.78 is 5.28. The lowest BCUT2D eigenvalue weighted by atomic mass is 9.95.